The predicted octanol–water partition coefficient (Wildman–Crippen LogP) is 13.1. The summed E-state index contributed by atoms with van der Waals surface area (Å²) in [6, 6.07) is -0.857. The topological polar surface area (TPSA) is 192 Å². The van der Waals surface area contributed by atoms with Crippen LogP contribution in [0.4, 0.5) is 0 Å². The second-order valence-electron chi connectivity index (χ2n) is 20.2. The van der Waals surface area contributed by atoms with Crippen molar-refractivity contribution in [3.05, 3.63) is 12.2 Å². The number of allylic oxidation sites excluding steroid dienone is 2. The van der Waals surface area contributed by atoms with Crippen LogP contribution in [0.1, 0.15) is 277 Å². The van der Waals surface area contributed by atoms with E-state index in [4.69, 9.17) is 9.47 Å². The van der Waals surface area contributed by atoms with Gasteiger partial charge >= 0.3 is 10.4 Å². The minimum absolute atomic E-state index is 0.228. The molecule has 404 valence electrons. The lowest BCUT2D eigenvalue weighted by atomic mass is 9.99. The molecule has 6 N–H and O–H groups in total. The van der Waals surface area contributed by atoms with Gasteiger partial charge in [0, 0.05) is 6.42 Å². The SMILES string of the molecule is CCCCCCCCCCCCCC/C=C\CCCCCCCCCCCC(=O)NC(COC1OC(CO)C(O)C(OS(=O)(=O)O)C1O)C(O)CCCCCCCCCCCCCCCCCC. The third kappa shape index (κ3) is 37.6. The predicted molar refractivity (Wildman–Crippen MR) is 278 cm³/mol. The van der Waals surface area contributed by atoms with Crippen LogP contribution in [0.15, 0.2) is 12.2 Å². The summed E-state index contributed by atoms with van der Waals surface area (Å²) in [4.78, 5) is 13.1. The zero-order valence-electron chi connectivity index (χ0n) is 43.7. The molecule has 1 fully saturated rings. The smallest absolute Gasteiger partial charge is 0.394 e. The Morgan fingerprint density at radius 2 is 0.941 bits per heavy atom. The Kier molecular flexibility index (Phi) is 43.6. The van der Waals surface area contributed by atoms with Gasteiger partial charge in [0.15, 0.2) is 6.29 Å². The van der Waals surface area contributed by atoms with Crippen molar-refractivity contribution in [1.29, 1.82) is 0 Å². The summed E-state index contributed by atoms with van der Waals surface area (Å²) in [5, 5.41) is 45.1. The molecule has 0 aromatic rings. The number of hydrogen-bond donors (Lipinski definition) is 6. The summed E-state index contributed by atoms with van der Waals surface area (Å²) in [6.45, 7) is 3.49. The number of aliphatic hydroxyl groups is 4. The van der Waals surface area contributed by atoms with Crippen molar-refractivity contribution in [2.75, 3.05) is 13.2 Å². The van der Waals surface area contributed by atoms with Gasteiger partial charge in [-0.25, -0.2) is 4.18 Å². The summed E-state index contributed by atoms with van der Waals surface area (Å²) in [5.41, 5.74) is 0. The molecule has 0 aliphatic carbocycles. The molecule has 0 aromatic heterocycles. The van der Waals surface area contributed by atoms with Crippen LogP contribution in [0.2, 0.25) is 0 Å². The summed E-state index contributed by atoms with van der Waals surface area (Å²) < 4.78 is 47.9. The highest BCUT2D eigenvalue weighted by molar-refractivity contribution is 7.80. The molecule has 0 bridgehead atoms. The summed E-state index contributed by atoms with van der Waals surface area (Å²) >= 11 is 0. The van der Waals surface area contributed by atoms with E-state index in [1.54, 1.807) is 0 Å². The Bertz CT molecular complexity index is 1260. The second kappa shape index (κ2) is 45.7. The van der Waals surface area contributed by atoms with E-state index in [2.05, 4.69) is 35.5 Å². The normalized spacial score (nSPS) is 19.8. The van der Waals surface area contributed by atoms with Crippen LogP contribution < -0.4 is 5.32 Å². The number of nitrogens with one attached hydrogen (secondary N) is 1. The average molecular weight is 991 g/mol. The highest BCUT2D eigenvalue weighted by Gasteiger charge is 2.48. The van der Waals surface area contributed by atoms with E-state index >= 15 is 0 Å². The van der Waals surface area contributed by atoms with Crippen LogP contribution in [-0.2, 0) is 28.9 Å². The second-order valence-corrected chi connectivity index (χ2v) is 21.3. The molecule has 0 spiro atoms. The molecule has 1 aliphatic heterocycles. The van der Waals surface area contributed by atoms with Crippen LogP contribution in [0.25, 0.3) is 0 Å². The van der Waals surface area contributed by atoms with E-state index in [1.807, 2.05) is 0 Å². The highest BCUT2D eigenvalue weighted by atomic mass is 32.3. The van der Waals surface area contributed by atoms with Crippen LogP contribution in [0.5, 0.6) is 0 Å². The maximum absolute atomic E-state index is 13.1. The van der Waals surface area contributed by atoms with Crippen molar-refractivity contribution in [3.8, 4) is 0 Å². The number of amides is 1. The largest absolute Gasteiger partial charge is 0.397 e. The standard InChI is InChI=1S/C55H107NO11S/c1-3-5-7-9-11-13-15-17-19-21-22-23-24-25-26-27-28-29-31-33-35-37-39-41-43-45-51(59)56-48(47-65-55-53(61)54(67-68(62,63)64)52(60)50(46-57)66-55)49(58)44-42-40-38-36-34-32-30-20-18-16-14-12-10-8-6-4-2/h25-26,48-50,52-55,57-58,60-61H,3-24,27-47H2,1-2H3,(H,56,59)(H,62,63,64)/b26-25-. The van der Waals surface area contributed by atoms with Crippen LogP contribution in [0, 0.1) is 0 Å². The van der Waals surface area contributed by atoms with Gasteiger partial charge in [-0.2, -0.15) is 8.42 Å². The fourth-order valence-corrected chi connectivity index (χ4v) is 9.91. The molecule has 1 aliphatic rings. The van der Waals surface area contributed by atoms with Crippen molar-refractivity contribution < 1.29 is 51.8 Å². The number of aliphatic hydroxyl groups excluding tert-OH is 4. The number of rotatable bonds is 50. The van der Waals surface area contributed by atoms with Gasteiger partial charge < -0.3 is 35.2 Å². The summed E-state index contributed by atoms with van der Waals surface area (Å²) in [5.74, 6) is -0.228. The van der Waals surface area contributed by atoms with Crippen LogP contribution in [-0.4, -0.2) is 95.4 Å². The van der Waals surface area contributed by atoms with E-state index in [0.717, 1.165) is 51.4 Å². The maximum Gasteiger partial charge on any atom is 0.397 e. The minimum Gasteiger partial charge on any atom is -0.394 e. The summed E-state index contributed by atoms with van der Waals surface area (Å²) in [6.07, 6.45) is 45.0. The lowest BCUT2D eigenvalue weighted by Crippen LogP contribution is -2.61. The number of carbonyl (C=O) groups is 1. The quantitative estimate of drug-likeness (QED) is 0.0193. The Labute approximate surface area is 417 Å². The van der Waals surface area contributed by atoms with Crippen molar-refractivity contribution in [2.45, 2.75) is 320 Å². The molecule has 1 saturated heterocycles. The van der Waals surface area contributed by atoms with E-state index in [1.165, 1.54) is 199 Å². The number of ether oxygens (including phenoxy) is 2. The zero-order valence-corrected chi connectivity index (χ0v) is 44.5. The fraction of sp³-hybridized carbons (Fsp3) is 0.945. The van der Waals surface area contributed by atoms with Crippen molar-refractivity contribution in [1.82, 2.24) is 5.32 Å². The Morgan fingerprint density at radius 1 is 0.574 bits per heavy atom. The first-order chi connectivity index (χ1) is 33.0. The maximum atomic E-state index is 13.1. The Hall–Kier alpha value is -1.16. The van der Waals surface area contributed by atoms with Gasteiger partial charge in [0.05, 0.1) is 25.4 Å². The first-order valence-corrected chi connectivity index (χ1v) is 29.9. The number of hydrogen-bond acceptors (Lipinski definition) is 10. The molecule has 0 aromatic carbocycles. The van der Waals surface area contributed by atoms with Gasteiger partial charge in [0.25, 0.3) is 0 Å². The van der Waals surface area contributed by atoms with Gasteiger partial charge in [-0.1, -0.05) is 244 Å². The average Bonchev–Trinajstić information content (AvgIpc) is 3.31. The van der Waals surface area contributed by atoms with Gasteiger partial charge in [-0.15, -0.1) is 0 Å². The van der Waals surface area contributed by atoms with Gasteiger partial charge in [-0.3, -0.25) is 9.35 Å². The van der Waals surface area contributed by atoms with Crippen molar-refractivity contribution in [3.63, 3.8) is 0 Å². The van der Waals surface area contributed by atoms with Crippen molar-refractivity contribution >= 4 is 16.3 Å². The van der Waals surface area contributed by atoms with Gasteiger partial charge in [0.1, 0.15) is 24.4 Å². The Balaban J connectivity index is 2.34. The molecule has 13 heteroatoms. The molecule has 68 heavy (non-hydrogen) atoms. The third-order valence-corrected chi connectivity index (χ3v) is 14.3. The lowest BCUT2D eigenvalue weighted by molar-refractivity contribution is -0.298. The molecule has 1 amide bonds. The molecule has 0 radical (unpaired) electrons. The molecular weight excluding hydrogens is 883 g/mol. The van der Waals surface area contributed by atoms with E-state index in [-0.39, 0.29) is 12.5 Å². The molecular formula is C55H107NO11S. The van der Waals surface area contributed by atoms with Gasteiger partial charge in [0.2, 0.25) is 5.91 Å². The molecule has 7 unspecified atom stereocenters. The lowest BCUT2D eigenvalue weighted by Gasteiger charge is -2.41. The van der Waals surface area contributed by atoms with Crippen molar-refractivity contribution in [2.24, 2.45) is 0 Å². The minimum atomic E-state index is -5.08. The zero-order chi connectivity index (χ0) is 49.8. The summed E-state index contributed by atoms with van der Waals surface area (Å²) in [7, 11) is -5.08. The van der Waals surface area contributed by atoms with Gasteiger partial charge in [-0.05, 0) is 38.5 Å². The molecule has 1 heterocycles. The van der Waals surface area contributed by atoms with Crippen LogP contribution in [0.3, 0.4) is 0 Å². The van der Waals surface area contributed by atoms with Crippen LogP contribution >= 0.6 is 0 Å². The van der Waals surface area contributed by atoms with E-state index in [9.17, 15) is 38.2 Å². The monoisotopic (exact) mass is 990 g/mol. The number of carbonyl (C=O) groups excluding carboxylic acids is 1. The molecule has 7 atom stereocenters. The highest BCUT2D eigenvalue weighted by Crippen LogP contribution is 2.26. The fourth-order valence-electron chi connectivity index (χ4n) is 9.40. The van der Waals surface area contributed by atoms with E-state index in [0.29, 0.717) is 12.8 Å². The molecule has 1 rings (SSSR count). The molecule has 12 nitrogen and oxygen atoms in total. The first kappa shape index (κ1) is 64.9. The van der Waals surface area contributed by atoms with E-state index < -0.39 is 59.9 Å². The third-order valence-electron chi connectivity index (χ3n) is 13.8. The Morgan fingerprint density at radius 3 is 1.32 bits per heavy atom. The molecule has 0 saturated carbocycles. The first-order valence-electron chi connectivity index (χ1n) is 28.6. The number of unbranched alkanes of at least 4 members (excludes halogenated alkanes) is 36.